The van der Waals surface area contributed by atoms with Crippen LogP contribution in [0.1, 0.15) is 111 Å². The molecule has 10 heteroatoms. The minimum atomic E-state index is -1.28. The second-order valence-electron chi connectivity index (χ2n) is 11.5. The lowest BCUT2D eigenvalue weighted by molar-refractivity contribution is -0.288. The summed E-state index contributed by atoms with van der Waals surface area (Å²) in [6.07, 6.45) is 12.7. The van der Waals surface area contributed by atoms with E-state index < -0.39 is 54.6 Å². The van der Waals surface area contributed by atoms with E-state index in [2.05, 4.69) is 19.1 Å². The Kier molecular flexibility index (Phi) is 17.9. The molecule has 0 spiro atoms. The Bertz CT molecular complexity index is 1080. The van der Waals surface area contributed by atoms with E-state index in [0.29, 0.717) is 5.75 Å². The third-order valence-corrected chi connectivity index (χ3v) is 7.33. The summed E-state index contributed by atoms with van der Waals surface area (Å²) in [5, 5.41) is 0. The van der Waals surface area contributed by atoms with E-state index in [1.807, 2.05) is 18.2 Å². The van der Waals surface area contributed by atoms with Crippen molar-refractivity contribution in [2.45, 2.75) is 142 Å². The van der Waals surface area contributed by atoms with Crippen LogP contribution >= 0.6 is 0 Å². The van der Waals surface area contributed by atoms with Crippen LogP contribution in [0.3, 0.4) is 0 Å². The first-order valence-corrected chi connectivity index (χ1v) is 16.3. The Morgan fingerprint density at radius 2 is 1.29 bits per heavy atom. The maximum atomic E-state index is 12.1. The van der Waals surface area contributed by atoms with Gasteiger partial charge >= 0.3 is 23.9 Å². The van der Waals surface area contributed by atoms with Crippen molar-refractivity contribution in [1.82, 2.24) is 0 Å². The SMILES string of the molecule is CCCCCC/C=C/CCCCCCCc1cccc(O[C@@H]2O[C@H](COC(C)=O)[C@@H](OC(C)=O)[C@H](OC(C)=O)[C@H]2OC(C)=O)c1. The summed E-state index contributed by atoms with van der Waals surface area (Å²) in [7, 11) is 0. The average Bonchev–Trinajstić information content (AvgIpc) is 2.97. The van der Waals surface area contributed by atoms with Crippen molar-refractivity contribution in [3.05, 3.63) is 42.0 Å². The molecule has 0 radical (unpaired) electrons. The van der Waals surface area contributed by atoms with E-state index in [0.717, 1.165) is 31.2 Å². The van der Waals surface area contributed by atoms with Gasteiger partial charge in [0.1, 0.15) is 18.5 Å². The van der Waals surface area contributed by atoms with Crippen molar-refractivity contribution in [3.63, 3.8) is 0 Å². The van der Waals surface area contributed by atoms with Crippen molar-refractivity contribution >= 4 is 23.9 Å². The summed E-state index contributed by atoms with van der Waals surface area (Å²) in [6, 6.07) is 7.52. The van der Waals surface area contributed by atoms with Crippen LogP contribution in [0.2, 0.25) is 0 Å². The molecule has 1 fully saturated rings. The highest BCUT2D eigenvalue weighted by atomic mass is 16.7. The van der Waals surface area contributed by atoms with Gasteiger partial charge in [0.25, 0.3) is 0 Å². The zero-order valence-electron chi connectivity index (χ0n) is 27.6. The number of carbonyl (C=O) groups is 4. The maximum Gasteiger partial charge on any atom is 0.303 e. The highest BCUT2D eigenvalue weighted by Gasteiger charge is 2.53. The Labute approximate surface area is 268 Å². The quantitative estimate of drug-likeness (QED) is 0.0676. The number of hydrogen-bond acceptors (Lipinski definition) is 10. The topological polar surface area (TPSA) is 124 Å². The first-order valence-electron chi connectivity index (χ1n) is 16.3. The Hall–Kier alpha value is -3.40. The summed E-state index contributed by atoms with van der Waals surface area (Å²) in [5.74, 6) is -2.19. The Morgan fingerprint density at radius 3 is 1.91 bits per heavy atom. The van der Waals surface area contributed by atoms with E-state index in [1.165, 1.54) is 79.1 Å². The predicted molar refractivity (Wildman–Crippen MR) is 168 cm³/mol. The molecule has 1 aromatic rings. The summed E-state index contributed by atoms with van der Waals surface area (Å²) in [4.78, 5) is 47.6. The molecule has 0 saturated carbocycles. The molecular weight excluding hydrogens is 580 g/mol. The fourth-order valence-corrected chi connectivity index (χ4v) is 5.24. The molecule has 0 amide bonds. The molecule has 10 nitrogen and oxygen atoms in total. The van der Waals surface area contributed by atoms with E-state index in [9.17, 15) is 19.2 Å². The van der Waals surface area contributed by atoms with Crippen molar-refractivity contribution < 1.29 is 47.6 Å². The van der Waals surface area contributed by atoms with Crippen LogP contribution < -0.4 is 4.74 Å². The zero-order chi connectivity index (χ0) is 33.0. The van der Waals surface area contributed by atoms with E-state index in [4.69, 9.17) is 28.4 Å². The molecule has 5 atom stereocenters. The van der Waals surface area contributed by atoms with Gasteiger partial charge in [-0.25, -0.2) is 0 Å². The normalized spacial score (nSPS) is 21.2. The largest absolute Gasteiger partial charge is 0.463 e. The van der Waals surface area contributed by atoms with E-state index >= 15 is 0 Å². The number of carbonyl (C=O) groups excluding carboxylic acids is 4. The second kappa shape index (κ2) is 21.4. The number of hydrogen-bond donors (Lipinski definition) is 0. The van der Waals surface area contributed by atoms with Crippen LogP contribution in [-0.2, 0) is 49.3 Å². The van der Waals surface area contributed by atoms with Crippen molar-refractivity contribution in [2.75, 3.05) is 6.61 Å². The number of aryl methyl sites for hydroxylation is 1. The lowest BCUT2D eigenvalue weighted by Gasteiger charge is -2.43. The molecule has 0 N–H and O–H groups in total. The first kappa shape index (κ1) is 37.8. The average molecular weight is 633 g/mol. The Balaban J connectivity index is 2.00. The van der Waals surface area contributed by atoms with Crippen LogP contribution in [0, 0.1) is 0 Å². The minimum Gasteiger partial charge on any atom is -0.463 e. The van der Waals surface area contributed by atoms with Crippen LogP contribution in [0.5, 0.6) is 5.75 Å². The third kappa shape index (κ3) is 15.4. The van der Waals surface area contributed by atoms with Crippen molar-refractivity contribution in [3.8, 4) is 5.75 Å². The molecule has 1 aliphatic heterocycles. The van der Waals surface area contributed by atoms with Gasteiger partial charge in [0.2, 0.25) is 12.4 Å². The van der Waals surface area contributed by atoms with Gasteiger partial charge in [-0.2, -0.15) is 0 Å². The van der Waals surface area contributed by atoms with Crippen LogP contribution in [0.15, 0.2) is 36.4 Å². The smallest absolute Gasteiger partial charge is 0.303 e. The molecule has 1 aliphatic rings. The van der Waals surface area contributed by atoms with Gasteiger partial charge in [0.05, 0.1) is 0 Å². The molecule has 1 heterocycles. The second-order valence-corrected chi connectivity index (χ2v) is 11.5. The van der Waals surface area contributed by atoms with Gasteiger partial charge in [-0.05, 0) is 56.2 Å². The van der Waals surface area contributed by atoms with Gasteiger partial charge in [0.15, 0.2) is 12.2 Å². The summed E-state index contributed by atoms with van der Waals surface area (Å²) in [5.41, 5.74) is 1.07. The standard InChI is InChI=1S/C35H52O10/c1-6-7-8-9-10-11-12-13-14-15-16-17-18-20-29-21-19-22-30(23-29)44-35-34(43-28(5)39)33(42-27(4)38)32(41-26(3)37)31(45-35)24-40-25(2)36/h11-12,19,21-23,31-35H,6-10,13-18,20,24H2,1-5H3/b12-11+/t31-,32-,33+,34-,35-/m1/s1. The number of rotatable bonds is 20. The summed E-state index contributed by atoms with van der Waals surface area (Å²) in [6.45, 7) is 6.70. The molecule has 45 heavy (non-hydrogen) atoms. The maximum absolute atomic E-state index is 12.1. The van der Waals surface area contributed by atoms with E-state index in [-0.39, 0.29) is 6.61 Å². The predicted octanol–water partition coefficient (Wildman–Crippen LogP) is 6.56. The molecular formula is C35H52O10. The molecule has 252 valence electrons. The molecule has 0 bridgehead atoms. The zero-order valence-corrected chi connectivity index (χ0v) is 27.6. The number of allylic oxidation sites excluding steroid dienone is 2. The first-order chi connectivity index (χ1) is 21.6. The van der Waals surface area contributed by atoms with Crippen LogP contribution in [0.4, 0.5) is 0 Å². The molecule has 0 aliphatic carbocycles. The number of unbranched alkanes of at least 4 members (excludes halogenated alkanes) is 9. The monoisotopic (exact) mass is 632 g/mol. The van der Waals surface area contributed by atoms with Gasteiger partial charge in [-0.1, -0.05) is 69.7 Å². The number of esters is 4. The summed E-state index contributed by atoms with van der Waals surface area (Å²) < 4.78 is 33.7. The molecule has 1 aromatic carbocycles. The van der Waals surface area contributed by atoms with Crippen LogP contribution in [0.25, 0.3) is 0 Å². The van der Waals surface area contributed by atoms with Gasteiger partial charge in [-0.3, -0.25) is 19.2 Å². The molecule has 0 unspecified atom stereocenters. The molecule has 2 rings (SSSR count). The van der Waals surface area contributed by atoms with Gasteiger partial charge in [-0.15, -0.1) is 0 Å². The highest BCUT2D eigenvalue weighted by Crippen LogP contribution is 2.31. The fraction of sp³-hybridized carbons (Fsp3) is 0.657. The van der Waals surface area contributed by atoms with Gasteiger partial charge < -0.3 is 28.4 Å². The highest BCUT2D eigenvalue weighted by molar-refractivity contribution is 5.68. The number of ether oxygens (including phenoxy) is 6. The molecule has 1 saturated heterocycles. The summed E-state index contributed by atoms with van der Waals surface area (Å²) >= 11 is 0. The fourth-order valence-electron chi connectivity index (χ4n) is 5.24. The number of benzene rings is 1. The minimum absolute atomic E-state index is 0.312. The lowest BCUT2D eigenvalue weighted by Crippen LogP contribution is -2.63. The van der Waals surface area contributed by atoms with Crippen molar-refractivity contribution in [2.24, 2.45) is 0 Å². The van der Waals surface area contributed by atoms with Gasteiger partial charge in [0, 0.05) is 27.7 Å². The van der Waals surface area contributed by atoms with E-state index in [1.54, 1.807) is 6.07 Å². The molecule has 0 aromatic heterocycles. The lowest BCUT2D eigenvalue weighted by atomic mass is 9.98. The van der Waals surface area contributed by atoms with Crippen LogP contribution in [-0.4, -0.2) is 61.2 Å². The van der Waals surface area contributed by atoms with Crippen molar-refractivity contribution in [1.29, 1.82) is 0 Å². The third-order valence-electron chi connectivity index (χ3n) is 7.33. The Morgan fingerprint density at radius 1 is 0.711 bits per heavy atom.